The number of benzene rings is 4. The fraction of sp³-hybridized carbons (Fsp3) is 0.388. The van der Waals surface area contributed by atoms with Crippen LogP contribution in [0.3, 0.4) is 0 Å². The van der Waals surface area contributed by atoms with Gasteiger partial charge in [0.15, 0.2) is 0 Å². The van der Waals surface area contributed by atoms with Gasteiger partial charge >= 0.3 is 12.2 Å². The second kappa shape index (κ2) is 17.9. The number of likely N-dealkylation sites (tertiary alicyclic amines) is 2. The molecule has 4 aromatic carbocycles. The summed E-state index contributed by atoms with van der Waals surface area (Å²) in [5.41, 5.74) is 7.09. The molecule has 0 radical (unpaired) electrons. The van der Waals surface area contributed by atoms with Gasteiger partial charge in [0.2, 0.25) is 5.91 Å². The molecule has 6 aromatic rings. The number of amides is 4. The smallest absolute Gasteiger partial charge is 0.407 e. The van der Waals surface area contributed by atoms with E-state index < -0.39 is 24.3 Å². The van der Waals surface area contributed by atoms with Gasteiger partial charge in [-0.25, -0.2) is 19.6 Å². The van der Waals surface area contributed by atoms with Crippen molar-refractivity contribution in [1.29, 1.82) is 0 Å². The first-order chi connectivity index (χ1) is 31.5. The highest BCUT2D eigenvalue weighted by Gasteiger charge is 2.43. The molecule has 0 bridgehead atoms. The van der Waals surface area contributed by atoms with Crippen molar-refractivity contribution in [2.75, 3.05) is 34.5 Å². The zero-order chi connectivity index (χ0) is 45.5. The third-order valence-corrected chi connectivity index (χ3v) is 13.1. The first kappa shape index (κ1) is 43.3. The summed E-state index contributed by atoms with van der Waals surface area (Å²) in [5.74, 6) is 1.61. The highest BCUT2D eigenvalue weighted by atomic mass is 16.5. The maximum absolute atomic E-state index is 14.3. The van der Waals surface area contributed by atoms with E-state index in [0.717, 1.165) is 68.3 Å². The summed E-state index contributed by atoms with van der Waals surface area (Å²) in [5, 5.41) is 7.42. The molecule has 4 amide bonds. The van der Waals surface area contributed by atoms with Crippen LogP contribution in [0.5, 0.6) is 5.75 Å². The van der Waals surface area contributed by atoms with E-state index >= 15 is 0 Å². The maximum Gasteiger partial charge on any atom is 0.407 e. The number of hydrogen-bond acceptors (Lipinski definition) is 10. The Balaban J connectivity index is 0.974. The Hall–Kier alpha value is -6.94. The van der Waals surface area contributed by atoms with E-state index in [1.165, 1.54) is 14.2 Å². The van der Waals surface area contributed by atoms with Gasteiger partial charge in [-0.3, -0.25) is 9.59 Å². The number of methoxy groups -OCH3 is 3. The van der Waals surface area contributed by atoms with Crippen LogP contribution in [0.25, 0.3) is 44.2 Å². The Morgan fingerprint density at radius 3 is 2.40 bits per heavy atom. The van der Waals surface area contributed by atoms with E-state index in [1.54, 1.807) is 18.2 Å². The SMILES string of the molecule is COCC1CC(c2ncc(-c3ccc4c(c3)COc3cc5c(ccc6[nH]c([C@@H]7CC[C@H](C)N7C(=O)[C@@H](NC(=O)OC)C(C)C)nc65)cc3-4)[nH]2)N(C(=O)C(NC(=O)OC)c2ccccc2)C1. The van der Waals surface area contributed by atoms with Crippen LogP contribution in [-0.4, -0.2) is 100 Å². The van der Waals surface area contributed by atoms with Crippen molar-refractivity contribution in [3.05, 3.63) is 102 Å². The van der Waals surface area contributed by atoms with E-state index in [0.29, 0.717) is 43.4 Å². The van der Waals surface area contributed by atoms with Crippen LogP contribution >= 0.6 is 0 Å². The summed E-state index contributed by atoms with van der Waals surface area (Å²) < 4.78 is 21.7. The monoisotopic (exact) mass is 882 g/mol. The van der Waals surface area contributed by atoms with Crippen LogP contribution in [0.2, 0.25) is 0 Å². The molecule has 3 aliphatic heterocycles. The Morgan fingerprint density at radius 1 is 0.862 bits per heavy atom. The minimum Gasteiger partial charge on any atom is -0.488 e. The van der Waals surface area contributed by atoms with Gasteiger partial charge in [0.25, 0.3) is 5.91 Å². The molecule has 65 heavy (non-hydrogen) atoms. The fourth-order valence-corrected chi connectivity index (χ4v) is 9.83. The van der Waals surface area contributed by atoms with Gasteiger partial charge < -0.3 is 49.3 Å². The van der Waals surface area contributed by atoms with E-state index in [-0.39, 0.29) is 41.8 Å². The molecule has 3 aliphatic rings. The summed E-state index contributed by atoms with van der Waals surface area (Å²) >= 11 is 0. The predicted molar refractivity (Wildman–Crippen MR) is 243 cm³/mol. The molecule has 0 spiro atoms. The van der Waals surface area contributed by atoms with Crippen molar-refractivity contribution in [2.24, 2.45) is 11.8 Å². The van der Waals surface area contributed by atoms with Crippen molar-refractivity contribution in [1.82, 2.24) is 40.4 Å². The fourth-order valence-electron chi connectivity index (χ4n) is 9.83. The van der Waals surface area contributed by atoms with Crippen molar-refractivity contribution in [2.45, 2.75) is 76.8 Å². The first-order valence-corrected chi connectivity index (χ1v) is 22.1. The standard InChI is InChI=1S/C49H54N8O8/c1-26(2)41(54-48(60)63-5)47(59)57-27(3)12-17-38(57)45-51-36-16-14-30-20-35-33-15-13-31(19-32(33)25-65-40(35)21-34(30)43(36)53-45)37-22-50-44(52-37)39-18-28(24-62-4)23-56(39)46(58)42(55-49(61)64-6)29-10-8-7-9-11-29/h7-11,13-16,19-22,26-28,38-39,41-42H,12,17-18,23-25H2,1-6H3,(H,50,52)(H,51,53)(H,54,60)(H,55,61)/t27-,28?,38-,39?,41-,42?/m0/s1. The molecule has 9 rings (SSSR count). The molecule has 0 aliphatic carbocycles. The highest BCUT2D eigenvalue weighted by Crippen LogP contribution is 2.44. The number of alkyl carbamates (subject to hydrolysis) is 2. The molecule has 0 saturated carbocycles. The first-order valence-electron chi connectivity index (χ1n) is 22.1. The molecule has 2 fully saturated rings. The maximum atomic E-state index is 14.3. The highest BCUT2D eigenvalue weighted by molar-refractivity contribution is 6.07. The number of fused-ring (bicyclic) bond motifs is 6. The lowest BCUT2D eigenvalue weighted by atomic mass is 9.92. The molecule has 6 atom stereocenters. The lowest BCUT2D eigenvalue weighted by Gasteiger charge is -2.32. The quantitative estimate of drug-likeness (QED) is 0.100. The Labute approximate surface area is 376 Å². The Morgan fingerprint density at radius 2 is 1.65 bits per heavy atom. The normalized spacial score (nSPS) is 20.0. The van der Waals surface area contributed by atoms with Gasteiger partial charge in [0, 0.05) is 36.6 Å². The van der Waals surface area contributed by atoms with Crippen molar-refractivity contribution < 1.29 is 38.1 Å². The number of rotatable bonds is 11. The van der Waals surface area contributed by atoms with Crippen molar-refractivity contribution in [3.63, 3.8) is 0 Å². The second-order valence-electron chi connectivity index (χ2n) is 17.6. The largest absolute Gasteiger partial charge is 0.488 e. The summed E-state index contributed by atoms with van der Waals surface area (Å²) in [4.78, 5) is 73.5. The summed E-state index contributed by atoms with van der Waals surface area (Å²) in [7, 11) is 4.22. The predicted octanol–water partition coefficient (Wildman–Crippen LogP) is 7.73. The van der Waals surface area contributed by atoms with Gasteiger partial charge in [0.05, 0.1) is 55.8 Å². The number of imidazole rings is 2. The van der Waals surface area contributed by atoms with Crippen LogP contribution in [0.4, 0.5) is 9.59 Å². The summed E-state index contributed by atoms with van der Waals surface area (Å²) in [6.07, 6.45) is 2.64. The van der Waals surface area contributed by atoms with Crippen molar-refractivity contribution >= 4 is 45.8 Å². The summed E-state index contributed by atoms with van der Waals surface area (Å²) in [6.45, 7) is 7.11. The number of nitrogens with one attached hydrogen (secondary N) is 4. The molecule has 3 unspecified atom stereocenters. The lowest BCUT2D eigenvalue weighted by Crippen LogP contribution is -2.52. The van der Waals surface area contributed by atoms with Crippen LogP contribution in [0.15, 0.2) is 79.0 Å². The van der Waals surface area contributed by atoms with Gasteiger partial charge in [-0.05, 0) is 84.0 Å². The van der Waals surface area contributed by atoms with E-state index in [9.17, 15) is 19.2 Å². The number of carbonyl (C=O) groups excluding carboxylic acids is 4. The molecule has 16 heteroatoms. The molecule has 2 aromatic heterocycles. The Bertz CT molecular complexity index is 2770. The van der Waals surface area contributed by atoms with Crippen LogP contribution in [0, 0.1) is 11.8 Å². The average molecular weight is 883 g/mol. The molecule has 16 nitrogen and oxygen atoms in total. The number of aromatic amines is 2. The molecule has 2 saturated heterocycles. The zero-order valence-corrected chi connectivity index (χ0v) is 37.3. The second-order valence-corrected chi connectivity index (χ2v) is 17.6. The number of hydrogen-bond donors (Lipinski definition) is 4. The molecular weight excluding hydrogens is 829 g/mol. The number of ether oxygens (including phenoxy) is 4. The third-order valence-electron chi connectivity index (χ3n) is 13.1. The van der Waals surface area contributed by atoms with E-state index in [2.05, 4.69) is 57.0 Å². The zero-order valence-electron chi connectivity index (χ0n) is 37.3. The minimum atomic E-state index is -0.948. The van der Waals surface area contributed by atoms with Gasteiger partial charge in [0.1, 0.15) is 36.1 Å². The molecular formula is C49H54N8O8. The van der Waals surface area contributed by atoms with Crippen LogP contribution in [0.1, 0.15) is 80.9 Å². The van der Waals surface area contributed by atoms with Gasteiger partial charge in [-0.15, -0.1) is 0 Å². The van der Waals surface area contributed by atoms with Crippen molar-refractivity contribution in [3.8, 4) is 28.1 Å². The van der Waals surface area contributed by atoms with E-state index in [4.69, 9.17) is 28.9 Å². The average Bonchev–Trinajstić information content (AvgIpc) is 4.15. The molecule has 338 valence electrons. The number of carbonyl (C=O) groups is 4. The Kier molecular flexibility index (Phi) is 11.9. The van der Waals surface area contributed by atoms with Crippen LogP contribution < -0.4 is 15.4 Å². The topological polar surface area (TPSA) is 193 Å². The van der Waals surface area contributed by atoms with Crippen LogP contribution in [-0.2, 0) is 30.4 Å². The molecule has 4 N–H and O–H groups in total. The van der Waals surface area contributed by atoms with E-state index in [1.807, 2.05) is 62.1 Å². The third kappa shape index (κ3) is 8.22. The van der Waals surface area contributed by atoms with Gasteiger partial charge in [-0.2, -0.15) is 0 Å². The van der Waals surface area contributed by atoms with Gasteiger partial charge in [-0.1, -0.05) is 62.4 Å². The lowest BCUT2D eigenvalue weighted by molar-refractivity contribution is -0.137. The summed E-state index contributed by atoms with van der Waals surface area (Å²) in [6, 6.07) is 21.3. The minimum absolute atomic E-state index is 0.0342. The number of nitrogens with zero attached hydrogens (tertiary/aromatic N) is 4. The number of aromatic nitrogens is 4. The number of H-pyrrole nitrogens is 2. The molecule has 5 heterocycles.